The molecule has 1 aromatic rings. The lowest BCUT2D eigenvalue weighted by molar-refractivity contribution is 0.129. The van der Waals surface area contributed by atoms with E-state index in [1.807, 2.05) is 37.2 Å². The Labute approximate surface area is 116 Å². The van der Waals surface area contributed by atoms with Crippen molar-refractivity contribution in [1.29, 1.82) is 0 Å². The third-order valence-electron chi connectivity index (χ3n) is 2.46. The summed E-state index contributed by atoms with van der Waals surface area (Å²) in [6, 6.07) is 8.08. The molecule has 0 aliphatic rings. The zero-order chi connectivity index (χ0) is 14.5. The molecule has 0 aliphatic heterocycles. The summed E-state index contributed by atoms with van der Waals surface area (Å²) in [6.45, 7) is 6.85. The van der Waals surface area contributed by atoms with Crippen molar-refractivity contribution in [2.24, 2.45) is 4.99 Å². The molecule has 1 rings (SSSR count). The monoisotopic (exact) mass is 263 g/mol. The molecule has 0 bridgehead atoms. The molecule has 0 saturated carbocycles. The third kappa shape index (κ3) is 5.20. The first-order valence-corrected chi connectivity index (χ1v) is 6.48. The van der Waals surface area contributed by atoms with Gasteiger partial charge in [-0.15, -0.1) is 0 Å². The molecule has 0 aliphatic carbocycles. The molecule has 4 nitrogen and oxygen atoms in total. The summed E-state index contributed by atoms with van der Waals surface area (Å²) in [6.07, 6.45) is 0. The Balaban J connectivity index is 2.79. The van der Waals surface area contributed by atoms with Gasteiger partial charge in [-0.3, -0.25) is 4.99 Å². The molecule has 0 heterocycles. The lowest BCUT2D eigenvalue weighted by atomic mass is 10.1. The Kier molecular flexibility index (Phi) is 5.21. The molecular formula is C15H25N3O. The van der Waals surface area contributed by atoms with Crippen LogP contribution in [-0.2, 0) is 6.54 Å². The first-order chi connectivity index (χ1) is 8.83. The molecule has 0 radical (unpaired) electrons. The molecule has 1 N–H and O–H groups in total. The molecule has 106 valence electrons. The van der Waals surface area contributed by atoms with E-state index in [9.17, 15) is 0 Å². The minimum atomic E-state index is -0.195. The van der Waals surface area contributed by atoms with E-state index in [2.05, 4.69) is 37.1 Å². The number of hydrogen-bond acceptors (Lipinski definition) is 2. The van der Waals surface area contributed by atoms with E-state index >= 15 is 0 Å². The van der Waals surface area contributed by atoms with Gasteiger partial charge in [0, 0.05) is 33.3 Å². The number of nitrogens with zero attached hydrogens (tertiary/aromatic N) is 2. The fraction of sp³-hybridized carbons (Fsp3) is 0.533. The number of hydrogen-bond donors (Lipinski definition) is 1. The molecule has 0 saturated heterocycles. The molecule has 19 heavy (non-hydrogen) atoms. The van der Waals surface area contributed by atoms with Crippen molar-refractivity contribution in [2.45, 2.75) is 32.9 Å². The van der Waals surface area contributed by atoms with E-state index in [0.29, 0.717) is 6.54 Å². The van der Waals surface area contributed by atoms with Crippen LogP contribution in [0.5, 0.6) is 5.75 Å². The van der Waals surface area contributed by atoms with Crippen molar-refractivity contribution in [3.8, 4) is 5.75 Å². The lowest BCUT2D eigenvalue weighted by Gasteiger charge is -2.24. The largest absolute Gasteiger partial charge is 0.488 e. The second kappa shape index (κ2) is 6.45. The van der Waals surface area contributed by atoms with Gasteiger partial charge in [-0.25, -0.2) is 0 Å². The average Bonchev–Trinajstić information content (AvgIpc) is 2.29. The van der Waals surface area contributed by atoms with Crippen LogP contribution >= 0.6 is 0 Å². The van der Waals surface area contributed by atoms with Crippen LogP contribution in [0.3, 0.4) is 0 Å². The fourth-order valence-corrected chi connectivity index (χ4v) is 1.69. The van der Waals surface area contributed by atoms with Crippen molar-refractivity contribution < 1.29 is 4.74 Å². The number of nitrogens with one attached hydrogen (secondary N) is 1. The lowest BCUT2D eigenvalue weighted by Crippen LogP contribution is -2.36. The van der Waals surface area contributed by atoms with E-state index in [-0.39, 0.29) is 5.60 Å². The minimum Gasteiger partial charge on any atom is -0.488 e. The quantitative estimate of drug-likeness (QED) is 0.672. The van der Waals surface area contributed by atoms with E-state index in [1.165, 1.54) is 0 Å². The normalized spacial score (nSPS) is 12.2. The third-order valence-corrected chi connectivity index (χ3v) is 2.46. The van der Waals surface area contributed by atoms with Gasteiger partial charge in [0.15, 0.2) is 5.96 Å². The average molecular weight is 263 g/mol. The molecule has 1 aromatic carbocycles. The Morgan fingerprint density at radius 1 is 1.26 bits per heavy atom. The van der Waals surface area contributed by atoms with Gasteiger partial charge in [0.1, 0.15) is 11.4 Å². The van der Waals surface area contributed by atoms with Crippen molar-refractivity contribution in [1.82, 2.24) is 10.2 Å². The topological polar surface area (TPSA) is 36.9 Å². The maximum absolute atomic E-state index is 5.97. The molecule has 0 amide bonds. The Morgan fingerprint density at radius 2 is 1.89 bits per heavy atom. The van der Waals surface area contributed by atoms with E-state index in [1.54, 1.807) is 7.05 Å². The number of guanidine groups is 1. The van der Waals surface area contributed by atoms with Crippen LogP contribution in [0.1, 0.15) is 26.3 Å². The highest BCUT2D eigenvalue weighted by Crippen LogP contribution is 2.22. The summed E-state index contributed by atoms with van der Waals surface area (Å²) in [4.78, 5) is 6.15. The summed E-state index contributed by atoms with van der Waals surface area (Å²) in [5.74, 6) is 1.77. The summed E-state index contributed by atoms with van der Waals surface area (Å²) in [7, 11) is 5.71. The molecule has 0 fully saturated rings. The molecule has 4 heteroatoms. The van der Waals surface area contributed by atoms with E-state index < -0.39 is 0 Å². The second-order valence-corrected chi connectivity index (χ2v) is 5.62. The zero-order valence-electron chi connectivity index (χ0n) is 12.8. The van der Waals surface area contributed by atoms with Crippen LogP contribution in [0, 0.1) is 0 Å². The Bertz CT molecular complexity index is 433. The predicted molar refractivity (Wildman–Crippen MR) is 80.7 cm³/mol. The molecule has 0 aromatic heterocycles. The SMILES string of the molecule is CN=C(NCc1ccccc1OC(C)(C)C)N(C)C. The van der Waals surface area contributed by atoms with Crippen molar-refractivity contribution in [3.63, 3.8) is 0 Å². The van der Waals surface area contributed by atoms with Gasteiger partial charge in [0.25, 0.3) is 0 Å². The van der Waals surface area contributed by atoms with Gasteiger partial charge < -0.3 is 15.0 Å². The molecule has 0 spiro atoms. The van der Waals surface area contributed by atoms with E-state index in [4.69, 9.17) is 4.74 Å². The van der Waals surface area contributed by atoms with E-state index in [0.717, 1.165) is 17.3 Å². The number of rotatable bonds is 3. The first-order valence-electron chi connectivity index (χ1n) is 6.48. The molecule has 0 unspecified atom stereocenters. The highest BCUT2D eigenvalue weighted by atomic mass is 16.5. The van der Waals surface area contributed by atoms with Gasteiger partial charge in [0.05, 0.1) is 0 Å². The summed E-state index contributed by atoms with van der Waals surface area (Å²) in [5.41, 5.74) is 0.930. The van der Waals surface area contributed by atoms with Crippen molar-refractivity contribution in [3.05, 3.63) is 29.8 Å². The number of ether oxygens (including phenoxy) is 1. The van der Waals surface area contributed by atoms with Gasteiger partial charge >= 0.3 is 0 Å². The van der Waals surface area contributed by atoms with Crippen molar-refractivity contribution >= 4 is 5.96 Å². The fourth-order valence-electron chi connectivity index (χ4n) is 1.69. The highest BCUT2D eigenvalue weighted by molar-refractivity contribution is 5.79. The summed E-state index contributed by atoms with van der Waals surface area (Å²) < 4.78 is 5.97. The highest BCUT2D eigenvalue weighted by Gasteiger charge is 2.14. The molecular weight excluding hydrogens is 238 g/mol. The molecule has 0 atom stereocenters. The van der Waals surface area contributed by atoms with Crippen LogP contribution in [0.15, 0.2) is 29.3 Å². The Morgan fingerprint density at radius 3 is 2.42 bits per heavy atom. The van der Waals surface area contributed by atoms with Crippen LogP contribution in [0.2, 0.25) is 0 Å². The smallest absolute Gasteiger partial charge is 0.193 e. The van der Waals surface area contributed by atoms with Crippen LogP contribution in [0.4, 0.5) is 0 Å². The maximum atomic E-state index is 5.97. The number of aliphatic imine (C=N–C) groups is 1. The van der Waals surface area contributed by atoms with Crippen LogP contribution in [0.25, 0.3) is 0 Å². The number of para-hydroxylation sites is 1. The minimum absolute atomic E-state index is 0.195. The standard InChI is InChI=1S/C15H25N3O/c1-15(2,3)19-13-10-8-7-9-12(13)11-17-14(16-4)18(5)6/h7-10H,11H2,1-6H3,(H,16,17). The summed E-state index contributed by atoms with van der Waals surface area (Å²) >= 11 is 0. The van der Waals surface area contributed by atoms with Crippen LogP contribution in [-0.4, -0.2) is 37.6 Å². The first kappa shape index (κ1) is 15.3. The predicted octanol–water partition coefficient (Wildman–Crippen LogP) is 2.50. The Hall–Kier alpha value is -1.71. The second-order valence-electron chi connectivity index (χ2n) is 5.62. The van der Waals surface area contributed by atoms with Crippen molar-refractivity contribution in [2.75, 3.05) is 21.1 Å². The van der Waals surface area contributed by atoms with Gasteiger partial charge in [0.2, 0.25) is 0 Å². The van der Waals surface area contributed by atoms with Gasteiger partial charge in [-0.1, -0.05) is 18.2 Å². The maximum Gasteiger partial charge on any atom is 0.193 e. The zero-order valence-corrected chi connectivity index (χ0v) is 12.8. The summed E-state index contributed by atoms with van der Waals surface area (Å²) in [5, 5.41) is 3.31. The number of benzene rings is 1. The van der Waals surface area contributed by atoms with Crippen LogP contribution < -0.4 is 10.1 Å². The van der Waals surface area contributed by atoms with Gasteiger partial charge in [-0.05, 0) is 26.8 Å². The van der Waals surface area contributed by atoms with Gasteiger partial charge in [-0.2, -0.15) is 0 Å².